The Bertz CT molecular complexity index is 569. The summed E-state index contributed by atoms with van der Waals surface area (Å²) < 4.78 is 0. The zero-order valence-electron chi connectivity index (χ0n) is 10.8. The summed E-state index contributed by atoms with van der Waals surface area (Å²) in [5.41, 5.74) is 5.34. The first kappa shape index (κ1) is 10.8. The fraction of sp³-hybridized carbons (Fsp3) is 0.438. The van der Waals surface area contributed by atoms with Crippen LogP contribution in [-0.4, -0.2) is 4.98 Å². The molecule has 0 spiro atoms. The van der Waals surface area contributed by atoms with Gasteiger partial charge in [-0.05, 0) is 47.9 Å². The molecule has 1 aromatic carbocycles. The van der Waals surface area contributed by atoms with Crippen molar-refractivity contribution in [3.63, 3.8) is 0 Å². The van der Waals surface area contributed by atoms with Crippen molar-refractivity contribution in [3.8, 4) is 0 Å². The minimum atomic E-state index is 0.577. The van der Waals surface area contributed by atoms with Crippen LogP contribution in [0.4, 0.5) is 0 Å². The van der Waals surface area contributed by atoms with Gasteiger partial charge < -0.3 is 0 Å². The van der Waals surface area contributed by atoms with E-state index in [-0.39, 0.29) is 0 Å². The molecule has 0 unspecified atom stereocenters. The maximum absolute atomic E-state index is 4.85. The van der Waals surface area contributed by atoms with Crippen LogP contribution < -0.4 is 0 Å². The third-order valence-corrected chi connectivity index (χ3v) is 3.79. The Kier molecular flexibility index (Phi) is 2.43. The number of fused-ring (bicyclic) bond motifs is 2. The van der Waals surface area contributed by atoms with Crippen molar-refractivity contribution in [2.24, 2.45) is 5.92 Å². The Hall–Kier alpha value is -1.37. The Morgan fingerprint density at radius 2 is 2.00 bits per heavy atom. The van der Waals surface area contributed by atoms with Gasteiger partial charge in [-0.25, -0.2) is 0 Å². The van der Waals surface area contributed by atoms with Gasteiger partial charge in [-0.2, -0.15) is 0 Å². The summed E-state index contributed by atoms with van der Waals surface area (Å²) >= 11 is 0. The lowest BCUT2D eigenvalue weighted by Crippen LogP contribution is -1.93. The Labute approximate surface area is 103 Å². The van der Waals surface area contributed by atoms with E-state index in [2.05, 4.69) is 45.0 Å². The van der Waals surface area contributed by atoms with E-state index in [9.17, 15) is 0 Å². The molecule has 0 radical (unpaired) electrons. The quantitative estimate of drug-likeness (QED) is 0.712. The fourth-order valence-electron chi connectivity index (χ4n) is 2.76. The molecule has 0 fully saturated rings. The second-order valence-corrected chi connectivity index (χ2v) is 5.71. The maximum atomic E-state index is 4.85. The molecule has 0 N–H and O–H groups in total. The van der Waals surface area contributed by atoms with Gasteiger partial charge in [0.15, 0.2) is 0 Å². The van der Waals surface area contributed by atoms with Gasteiger partial charge in [0, 0.05) is 11.1 Å². The normalized spacial score (nSPS) is 18.9. The third-order valence-electron chi connectivity index (χ3n) is 3.79. The maximum Gasteiger partial charge on any atom is 0.0708 e. The summed E-state index contributed by atoms with van der Waals surface area (Å²) in [4.78, 5) is 4.85. The van der Waals surface area contributed by atoms with Crippen LogP contribution >= 0.6 is 0 Å². The SMILES string of the molecule is CC(C)c1ccc2cc3c(nc2c1)C[C@@H](C)C3. The topological polar surface area (TPSA) is 12.9 Å². The molecule has 1 atom stereocenters. The van der Waals surface area contributed by atoms with Crippen LogP contribution in [0.5, 0.6) is 0 Å². The second kappa shape index (κ2) is 3.83. The number of benzene rings is 1. The van der Waals surface area contributed by atoms with Crippen LogP contribution in [-0.2, 0) is 12.8 Å². The molecule has 2 aromatic rings. The van der Waals surface area contributed by atoms with Crippen LogP contribution in [0.2, 0.25) is 0 Å². The van der Waals surface area contributed by atoms with Crippen LogP contribution in [0.1, 0.15) is 43.5 Å². The molecule has 17 heavy (non-hydrogen) atoms. The molecule has 0 aliphatic heterocycles. The lowest BCUT2D eigenvalue weighted by molar-refractivity contribution is 0.624. The van der Waals surface area contributed by atoms with Crippen LogP contribution in [0.25, 0.3) is 10.9 Å². The highest BCUT2D eigenvalue weighted by molar-refractivity contribution is 5.80. The third kappa shape index (κ3) is 1.84. The number of hydrogen-bond acceptors (Lipinski definition) is 1. The first-order chi connectivity index (χ1) is 8.13. The zero-order valence-corrected chi connectivity index (χ0v) is 10.8. The van der Waals surface area contributed by atoms with Crippen molar-refractivity contribution in [1.82, 2.24) is 4.98 Å². The molecule has 3 rings (SSSR count). The molecule has 88 valence electrons. The summed E-state index contributed by atoms with van der Waals surface area (Å²) in [5, 5.41) is 1.29. The largest absolute Gasteiger partial charge is 0.253 e. The fourth-order valence-corrected chi connectivity index (χ4v) is 2.76. The zero-order chi connectivity index (χ0) is 12.0. The standard InChI is InChI=1S/C16H19N/c1-10(2)12-4-5-13-8-14-6-11(3)7-15(14)17-16(13)9-12/h4-5,8-11H,6-7H2,1-3H3/t11-/m0/s1. The van der Waals surface area contributed by atoms with Crippen molar-refractivity contribution < 1.29 is 0 Å². The van der Waals surface area contributed by atoms with E-state index in [0.29, 0.717) is 5.92 Å². The highest BCUT2D eigenvalue weighted by Crippen LogP contribution is 2.29. The first-order valence-corrected chi connectivity index (χ1v) is 6.56. The Morgan fingerprint density at radius 3 is 2.76 bits per heavy atom. The van der Waals surface area contributed by atoms with Gasteiger partial charge in [0.25, 0.3) is 0 Å². The minimum absolute atomic E-state index is 0.577. The number of rotatable bonds is 1. The molecule has 1 nitrogen and oxygen atoms in total. The summed E-state index contributed by atoms with van der Waals surface area (Å²) in [7, 11) is 0. The summed E-state index contributed by atoms with van der Waals surface area (Å²) in [6.07, 6.45) is 2.35. The highest BCUT2D eigenvalue weighted by Gasteiger charge is 2.19. The molecule has 1 aliphatic carbocycles. The molecular weight excluding hydrogens is 206 g/mol. The van der Waals surface area contributed by atoms with Crippen LogP contribution in [0, 0.1) is 5.92 Å². The van der Waals surface area contributed by atoms with Crippen molar-refractivity contribution >= 4 is 10.9 Å². The average molecular weight is 225 g/mol. The van der Waals surface area contributed by atoms with E-state index in [1.807, 2.05) is 0 Å². The number of hydrogen-bond donors (Lipinski definition) is 0. The molecule has 1 heterocycles. The van der Waals surface area contributed by atoms with Gasteiger partial charge in [0.2, 0.25) is 0 Å². The van der Waals surface area contributed by atoms with Gasteiger partial charge in [-0.15, -0.1) is 0 Å². The van der Waals surface area contributed by atoms with Crippen LogP contribution in [0.3, 0.4) is 0 Å². The highest BCUT2D eigenvalue weighted by atomic mass is 14.7. The summed E-state index contributed by atoms with van der Waals surface area (Å²) in [6.45, 7) is 6.78. The van der Waals surface area contributed by atoms with Gasteiger partial charge in [0.05, 0.1) is 5.52 Å². The van der Waals surface area contributed by atoms with E-state index in [1.54, 1.807) is 0 Å². The molecule has 1 aliphatic rings. The molecule has 0 bridgehead atoms. The molecule has 0 saturated carbocycles. The lowest BCUT2D eigenvalue weighted by atomic mass is 10.0. The summed E-state index contributed by atoms with van der Waals surface area (Å²) in [6, 6.07) is 9.05. The monoisotopic (exact) mass is 225 g/mol. The van der Waals surface area contributed by atoms with Gasteiger partial charge in [-0.1, -0.05) is 32.9 Å². The van der Waals surface area contributed by atoms with Gasteiger partial charge in [0.1, 0.15) is 0 Å². The van der Waals surface area contributed by atoms with E-state index < -0.39 is 0 Å². The first-order valence-electron chi connectivity index (χ1n) is 6.56. The average Bonchev–Trinajstić information content (AvgIpc) is 2.63. The lowest BCUT2D eigenvalue weighted by Gasteiger charge is -2.08. The second-order valence-electron chi connectivity index (χ2n) is 5.71. The van der Waals surface area contributed by atoms with Gasteiger partial charge >= 0.3 is 0 Å². The molecule has 0 saturated heterocycles. The van der Waals surface area contributed by atoms with Crippen molar-refractivity contribution in [3.05, 3.63) is 41.1 Å². The van der Waals surface area contributed by atoms with E-state index in [4.69, 9.17) is 4.98 Å². The Morgan fingerprint density at radius 1 is 1.18 bits per heavy atom. The van der Waals surface area contributed by atoms with E-state index in [0.717, 1.165) is 12.3 Å². The predicted octanol–water partition coefficient (Wildman–Crippen LogP) is 4.09. The van der Waals surface area contributed by atoms with Crippen LogP contribution in [0.15, 0.2) is 24.3 Å². The minimum Gasteiger partial charge on any atom is -0.253 e. The molecule has 1 heteroatoms. The Balaban J connectivity index is 2.16. The number of pyridine rings is 1. The number of aromatic nitrogens is 1. The van der Waals surface area contributed by atoms with Crippen molar-refractivity contribution in [2.75, 3.05) is 0 Å². The number of nitrogens with zero attached hydrogens (tertiary/aromatic N) is 1. The van der Waals surface area contributed by atoms with Crippen molar-refractivity contribution in [2.45, 2.75) is 39.5 Å². The van der Waals surface area contributed by atoms with E-state index in [1.165, 1.54) is 34.1 Å². The molecule has 1 aromatic heterocycles. The predicted molar refractivity (Wildman–Crippen MR) is 72.4 cm³/mol. The summed E-state index contributed by atoms with van der Waals surface area (Å²) in [5.74, 6) is 1.34. The van der Waals surface area contributed by atoms with E-state index >= 15 is 0 Å². The smallest absolute Gasteiger partial charge is 0.0708 e. The molecule has 0 amide bonds. The van der Waals surface area contributed by atoms with Gasteiger partial charge in [-0.3, -0.25) is 4.98 Å². The molecular formula is C16H19N. The van der Waals surface area contributed by atoms with Crippen molar-refractivity contribution in [1.29, 1.82) is 0 Å².